The molecule has 5 heteroatoms. The van der Waals surface area contributed by atoms with Crippen LogP contribution in [0, 0.1) is 0 Å². The van der Waals surface area contributed by atoms with Crippen LogP contribution in [-0.4, -0.2) is 27.8 Å². The second-order valence-electron chi connectivity index (χ2n) is 4.31. The zero-order valence-corrected chi connectivity index (χ0v) is 10.7. The third-order valence-electron chi connectivity index (χ3n) is 2.90. The van der Waals surface area contributed by atoms with Gasteiger partial charge in [0.2, 0.25) is 0 Å². The van der Waals surface area contributed by atoms with Crippen molar-refractivity contribution < 1.29 is 20.1 Å². The van der Waals surface area contributed by atoms with Crippen molar-refractivity contribution in [2.24, 2.45) is 0 Å². The van der Waals surface area contributed by atoms with E-state index in [4.69, 9.17) is 0 Å². The van der Waals surface area contributed by atoms with E-state index >= 15 is 0 Å². The smallest absolute Gasteiger partial charge is 0.255 e. The molecule has 0 aliphatic heterocycles. The molecule has 1 atom stereocenters. The molecule has 0 saturated heterocycles. The summed E-state index contributed by atoms with van der Waals surface area (Å²) in [6.07, 6.45) is -0.834. The largest absolute Gasteiger partial charge is 0.504 e. The number of hydrogen-bond acceptors (Lipinski definition) is 4. The second kappa shape index (κ2) is 6.08. The zero-order valence-electron chi connectivity index (χ0n) is 10.7. The van der Waals surface area contributed by atoms with Gasteiger partial charge >= 0.3 is 0 Å². The van der Waals surface area contributed by atoms with E-state index in [9.17, 15) is 20.1 Å². The van der Waals surface area contributed by atoms with Gasteiger partial charge in [-0.25, -0.2) is 0 Å². The molecule has 0 saturated carbocycles. The number of carbonyl (C=O) groups excluding carboxylic acids is 1. The van der Waals surface area contributed by atoms with Crippen LogP contribution in [0.25, 0.3) is 0 Å². The molecular weight excluding hydrogens is 258 g/mol. The summed E-state index contributed by atoms with van der Waals surface area (Å²) in [5.41, 5.74) is 0.651. The summed E-state index contributed by atoms with van der Waals surface area (Å²) in [5, 5.41) is 31.3. The first-order valence-electron chi connectivity index (χ1n) is 6.11. The summed E-state index contributed by atoms with van der Waals surface area (Å²) in [6, 6.07) is 13.1. The monoisotopic (exact) mass is 273 g/mol. The Morgan fingerprint density at radius 3 is 2.45 bits per heavy atom. The average Bonchev–Trinajstić information content (AvgIpc) is 2.48. The van der Waals surface area contributed by atoms with Crippen LogP contribution < -0.4 is 5.32 Å². The van der Waals surface area contributed by atoms with E-state index in [1.807, 2.05) is 6.07 Å². The van der Waals surface area contributed by atoms with Crippen LogP contribution in [0.2, 0.25) is 0 Å². The van der Waals surface area contributed by atoms with Gasteiger partial charge in [0.1, 0.15) is 0 Å². The van der Waals surface area contributed by atoms with Gasteiger partial charge in [-0.05, 0) is 17.7 Å². The van der Waals surface area contributed by atoms with Crippen LogP contribution >= 0.6 is 0 Å². The molecular formula is C15H15NO4. The maximum Gasteiger partial charge on any atom is 0.255 e. The van der Waals surface area contributed by atoms with Crippen molar-refractivity contribution in [2.45, 2.75) is 6.10 Å². The summed E-state index contributed by atoms with van der Waals surface area (Å²) in [4.78, 5) is 11.9. The predicted octanol–water partition coefficient (Wildman–Crippen LogP) is 1.56. The Morgan fingerprint density at radius 1 is 1.05 bits per heavy atom. The van der Waals surface area contributed by atoms with Crippen molar-refractivity contribution in [1.29, 1.82) is 0 Å². The Labute approximate surface area is 116 Å². The van der Waals surface area contributed by atoms with Crippen LogP contribution in [0.1, 0.15) is 22.0 Å². The fourth-order valence-electron chi connectivity index (χ4n) is 1.79. The first-order chi connectivity index (χ1) is 9.59. The Bertz CT molecular complexity index is 598. The van der Waals surface area contributed by atoms with Crippen LogP contribution in [-0.2, 0) is 0 Å². The molecule has 5 nitrogen and oxygen atoms in total. The third-order valence-corrected chi connectivity index (χ3v) is 2.90. The maximum atomic E-state index is 11.9. The molecule has 0 spiro atoms. The second-order valence-corrected chi connectivity index (χ2v) is 4.31. The molecule has 0 heterocycles. The van der Waals surface area contributed by atoms with E-state index in [1.54, 1.807) is 24.3 Å². The number of carbonyl (C=O) groups is 1. The zero-order chi connectivity index (χ0) is 14.5. The fraction of sp³-hybridized carbons (Fsp3) is 0.133. The number of rotatable bonds is 4. The standard InChI is InChI=1S/C15H15NO4/c17-12-8-4-7-11(14(12)19)15(20)16-9-13(18)10-5-2-1-3-6-10/h1-8,13,17-19H,9H2,(H,16,20). The molecule has 0 aliphatic rings. The molecule has 2 aromatic rings. The molecule has 1 unspecified atom stereocenters. The van der Waals surface area contributed by atoms with Crippen LogP contribution in [0.15, 0.2) is 48.5 Å². The fourth-order valence-corrected chi connectivity index (χ4v) is 1.79. The number of phenolic OH excluding ortho intramolecular Hbond substituents is 2. The van der Waals surface area contributed by atoms with Gasteiger partial charge in [0.25, 0.3) is 5.91 Å². The van der Waals surface area contributed by atoms with E-state index in [1.165, 1.54) is 18.2 Å². The van der Waals surface area contributed by atoms with Gasteiger partial charge in [0.15, 0.2) is 11.5 Å². The lowest BCUT2D eigenvalue weighted by Gasteiger charge is -2.13. The number of aromatic hydroxyl groups is 2. The van der Waals surface area contributed by atoms with Crippen molar-refractivity contribution in [3.63, 3.8) is 0 Å². The number of benzene rings is 2. The molecule has 0 bridgehead atoms. The van der Waals surface area contributed by atoms with Gasteiger partial charge in [-0.15, -0.1) is 0 Å². The first-order valence-corrected chi connectivity index (χ1v) is 6.11. The molecule has 0 fully saturated rings. The van der Waals surface area contributed by atoms with Gasteiger partial charge in [-0.3, -0.25) is 4.79 Å². The predicted molar refractivity (Wildman–Crippen MR) is 73.5 cm³/mol. The summed E-state index contributed by atoms with van der Waals surface area (Å²) >= 11 is 0. The normalized spacial score (nSPS) is 11.8. The topological polar surface area (TPSA) is 89.8 Å². The van der Waals surface area contributed by atoms with Crippen molar-refractivity contribution >= 4 is 5.91 Å². The Hall–Kier alpha value is -2.53. The number of nitrogens with one attached hydrogen (secondary N) is 1. The van der Waals surface area contributed by atoms with Crippen LogP contribution in [0.3, 0.4) is 0 Å². The van der Waals surface area contributed by atoms with E-state index in [2.05, 4.69) is 5.32 Å². The van der Waals surface area contributed by atoms with E-state index in [0.717, 1.165) is 0 Å². The SMILES string of the molecule is O=C(NCC(O)c1ccccc1)c1cccc(O)c1O. The Morgan fingerprint density at radius 2 is 1.75 bits per heavy atom. The highest BCUT2D eigenvalue weighted by atomic mass is 16.3. The van der Waals surface area contributed by atoms with Crippen LogP contribution in [0.4, 0.5) is 0 Å². The Kier molecular flexibility index (Phi) is 4.22. The lowest BCUT2D eigenvalue weighted by atomic mass is 10.1. The summed E-state index contributed by atoms with van der Waals surface area (Å²) < 4.78 is 0. The van der Waals surface area contributed by atoms with Gasteiger partial charge in [-0.2, -0.15) is 0 Å². The summed E-state index contributed by atoms with van der Waals surface area (Å²) in [5.74, 6) is -1.39. The number of hydrogen-bond donors (Lipinski definition) is 4. The summed E-state index contributed by atoms with van der Waals surface area (Å²) in [6.45, 7) is 0.0118. The highest BCUT2D eigenvalue weighted by Crippen LogP contribution is 2.28. The molecule has 0 radical (unpaired) electrons. The molecule has 20 heavy (non-hydrogen) atoms. The molecule has 2 aromatic carbocycles. The maximum absolute atomic E-state index is 11.9. The minimum absolute atomic E-state index is 0.0118. The highest BCUT2D eigenvalue weighted by molar-refractivity contribution is 5.97. The lowest BCUT2D eigenvalue weighted by Crippen LogP contribution is -2.28. The summed E-state index contributed by atoms with van der Waals surface area (Å²) in [7, 11) is 0. The van der Waals surface area contributed by atoms with Crippen molar-refractivity contribution in [1.82, 2.24) is 5.32 Å². The molecule has 0 aliphatic carbocycles. The minimum atomic E-state index is -0.834. The van der Waals surface area contributed by atoms with Gasteiger partial charge < -0.3 is 20.6 Å². The third kappa shape index (κ3) is 3.07. The molecule has 2 rings (SSSR count). The minimum Gasteiger partial charge on any atom is -0.504 e. The Balaban J connectivity index is 2.01. The average molecular weight is 273 g/mol. The van der Waals surface area contributed by atoms with Crippen molar-refractivity contribution in [3.05, 3.63) is 59.7 Å². The van der Waals surface area contributed by atoms with E-state index in [0.29, 0.717) is 5.56 Å². The molecule has 104 valence electrons. The number of para-hydroxylation sites is 1. The van der Waals surface area contributed by atoms with Crippen molar-refractivity contribution in [2.75, 3.05) is 6.54 Å². The molecule has 4 N–H and O–H groups in total. The van der Waals surface area contributed by atoms with Gasteiger partial charge in [0, 0.05) is 6.54 Å². The van der Waals surface area contributed by atoms with Gasteiger partial charge in [-0.1, -0.05) is 36.4 Å². The first kappa shape index (κ1) is 13.9. The number of aliphatic hydroxyl groups excluding tert-OH is 1. The van der Waals surface area contributed by atoms with E-state index < -0.39 is 17.8 Å². The van der Waals surface area contributed by atoms with Crippen LogP contribution in [0.5, 0.6) is 11.5 Å². The molecule has 0 aromatic heterocycles. The number of amides is 1. The van der Waals surface area contributed by atoms with E-state index in [-0.39, 0.29) is 17.9 Å². The number of aliphatic hydroxyl groups is 1. The number of phenols is 2. The lowest BCUT2D eigenvalue weighted by molar-refractivity contribution is 0.0913. The molecule has 1 amide bonds. The van der Waals surface area contributed by atoms with Gasteiger partial charge in [0.05, 0.1) is 11.7 Å². The quantitative estimate of drug-likeness (QED) is 0.636. The highest BCUT2D eigenvalue weighted by Gasteiger charge is 2.15. The van der Waals surface area contributed by atoms with Crippen molar-refractivity contribution in [3.8, 4) is 11.5 Å².